The van der Waals surface area contributed by atoms with Gasteiger partial charge in [-0.15, -0.1) is 0 Å². The van der Waals surface area contributed by atoms with E-state index in [1.165, 1.54) is 4.90 Å². The van der Waals surface area contributed by atoms with Gasteiger partial charge >= 0.3 is 0 Å². The van der Waals surface area contributed by atoms with E-state index >= 15 is 0 Å². The first-order chi connectivity index (χ1) is 7.50. The minimum Gasteiger partial charge on any atom is -0.393 e. The van der Waals surface area contributed by atoms with Gasteiger partial charge in [0.15, 0.2) is 0 Å². The Morgan fingerprint density at radius 3 is 2.38 bits per heavy atom. The molecular formula is C12H21NO3. The number of carbonyl (C=O) groups excluding carboxylic acids is 2. The largest absolute Gasteiger partial charge is 0.393 e. The number of piperidine rings is 1. The Labute approximate surface area is 96.6 Å². The maximum Gasteiger partial charge on any atom is 0.229 e. The molecule has 2 amide bonds. The third-order valence-electron chi connectivity index (χ3n) is 2.90. The number of nitrogens with zero attached hydrogens (tertiary/aromatic N) is 1. The van der Waals surface area contributed by atoms with Gasteiger partial charge in [0.05, 0.1) is 6.10 Å². The second-order valence-electron chi connectivity index (χ2n) is 4.80. The summed E-state index contributed by atoms with van der Waals surface area (Å²) in [5, 5.41) is 9.08. The van der Waals surface area contributed by atoms with Crippen molar-refractivity contribution in [3.63, 3.8) is 0 Å². The summed E-state index contributed by atoms with van der Waals surface area (Å²) in [4.78, 5) is 24.6. The Kier molecular flexibility index (Phi) is 4.93. The number of aliphatic hydroxyl groups is 1. The summed E-state index contributed by atoms with van der Waals surface area (Å²) in [7, 11) is 0. The minimum absolute atomic E-state index is 0.0409. The molecule has 1 aliphatic rings. The first kappa shape index (κ1) is 13.2. The van der Waals surface area contributed by atoms with Crippen LogP contribution in [0.15, 0.2) is 0 Å². The van der Waals surface area contributed by atoms with Crippen LogP contribution in [0.25, 0.3) is 0 Å². The molecule has 1 fully saturated rings. The van der Waals surface area contributed by atoms with Crippen molar-refractivity contribution in [2.75, 3.05) is 6.54 Å². The molecule has 0 aliphatic carbocycles. The number of unbranched alkanes of at least 4 members (excludes halogenated alkanes) is 1. The smallest absolute Gasteiger partial charge is 0.229 e. The molecule has 0 aromatic rings. The first-order valence-corrected chi connectivity index (χ1v) is 6.02. The number of rotatable bonds is 5. The quantitative estimate of drug-likeness (QED) is 0.569. The molecule has 1 N–H and O–H groups in total. The molecule has 1 atom stereocenters. The van der Waals surface area contributed by atoms with E-state index in [4.69, 9.17) is 5.11 Å². The van der Waals surface area contributed by atoms with Crippen LogP contribution in [0.5, 0.6) is 0 Å². The molecule has 1 aliphatic heterocycles. The maximum atomic E-state index is 11.6. The summed E-state index contributed by atoms with van der Waals surface area (Å²) in [5.41, 5.74) is 0. The van der Waals surface area contributed by atoms with Crippen LogP contribution in [-0.2, 0) is 9.59 Å². The topological polar surface area (TPSA) is 57.6 Å². The van der Waals surface area contributed by atoms with E-state index in [0.717, 1.165) is 19.3 Å². The normalized spacial score (nSPS) is 20.3. The van der Waals surface area contributed by atoms with Crippen LogP contribution < -0.4 is 0 Å². The highest BCUT2D eigenvalue weighted by Crippen LogP contribution is 2.19. The second-order valence-corrected chi connectivity index (χ2v) is 4.80. The van der Waals surface area contributed by atoms with E-state index in [2.05, 4.69) is 0 Å². The molecule has 1 saturated heterocycles. The molecule has 0 saturated carbocycles. The van der Waals surface area contributed by atoms with Crippen molar-refractivity contribution in [3.05, 3.63) is 0 Å². The van der Waals surface area contributed by atoms with Crippen LogP contribution >= 0.6 is 0 Å². The van der Waals surface area contributed by atoms with Gasteiger partial charge < -0.3 is 5.11 Å². The van der Waals surface area contributed by atoms with Gasteiger partial charge in [0.1, 0.15) is 0 Å². The molecule has 0 aromatic heterocycles. The predicted octanol–water partition coefficient (Wildman–Crippen LogP) is 1.32. The zero-order valence-electron chi connectivity index (χ0n) is 10.1. The fraction of sp³-hybridized carbons (Fsp3) is 0.833. The Morgan fingerprint density at radius 2 is 1.88 bits per heavy atom. The number of carbonyl (C=O) groups is 2. The van der Waals surface area contributed by atoms with Gasteiger partial charge in [-0.2, -0.15) is 0 Å². The summed E-state index contributed by atoms with van der Waals surface area (Å²) in [6.45, 7) is 4.19. The standard InChI is InChI=1S/C12H21NO3/c1-9-7-11(15)13(12(16)8-9)6-4-3-5-10(2)14/h9-10,14H,3-8H2,1-2H3. The van der Waals surface area contributed by atoms with Gasteiger partial charge in [-0.05, 0) is 32.1 Å². The lowest BCUT2D eigenvalue weighted by Crippen LogP contribution is -2.43. The predicted molar refractivity (Wildman–Crippen MR) is 60.6 cm³/mol. The van der Waals surface area contributed by atoms with Gasteiger partial charge in [-0.3, -0.25) is 14.5 Å². The van der Waals surface area contributed by atoms with Crippen molar-refractivity contribution in [2.24, 2.45) is 5.92 Å². The number of hydrogen-bond acceptors (Lipinski definition) is 3. The highest BCUT2D eigenvalue weighted by Gasteiger charge is 2.29. The third kappa shape index (κ3) is 3.93. The van der Waals surface area contributed by atoms with E-state index in [9.17, 15) is 9.59 Å². The second kappa shape index (κ2) is 5.99. The molecule has 1 unspecified atom stereocenters. The van der Waals surface area contributed by atoms with Crippen LogP contribution in [0.1, 0.15) is 46.0 Å². The molecule has 1 rings (SSSR count). The zero-order valence-corrected chi connectivity index (χ0v) is 10.1. The Hall–Kier alpha value is -0.900. The van der Waals surface area contributed by atoms with Crippen LogP contribution in [0, 0.1) is 5.92 Å². The SMILES string of the molecule is CC(O)CCCCN1C(=O)CC(C)CC1=O. The van der Waals surface area contributed by atoms with Gasteiger partial charge in [-0.25, -0.2) is 0 Å². The van der Waals surface area contributed by atoms with Crippen molar-refractivity contribution >= 4 is 11.8 Å². The number of amides is 2. The van der Waals surface area contributed by atoms with E-state index in [0.29, 0.717) is 19.4 Å². The summed E-state index contributed by atoms with van der Waals surface area (Å²) in [6.07, 6.45) is 3.05. The highest BCUT2D eigenvalue weighted by molar-refractivity contribution is 5.97. The molecule has 0 spiro atoms. The summed E-state index contributed by atoms with van der Waals surface area (Å²) < 4.78 is 0. The lowest BCUT2D eigenvalue weighted by molar-refractivity contribution is -0.149. The fourth-order valence-corrected chi connectivity index (χ4v) is 1.99. The van der Waals surface area contributed by atoms with E-state index in [1.807, 2.05) is 6.92 Å². The number of imide groups is 1. The molecule has 4 nitrogen and oxygen atoms in total. The number of aliphatic hydroxyl groups excluding tert-OH is 1. The van der Waals surface area contributed by atoms with Crippen LogP contribution in [0.2, 0.25) is 0 Å². The average molecular weight is 227 g/mol. The molecule has 4 heteroatoms. The van der Waals surface area contributed by atoms with E-state index < -0.39 is 0 Å². The Bertz CT molecular complexity index is 245. The zero-order chi connectivity index (χ0) is 12.1. The van der Waals surface area contributed by atoms with Crippen molar-refractivity contribution in [2.45, 2.75) is 52.1 Å². The van der Waals surface area contributed by atoms with E-state index in [-0.39, 0.29) is 23.8 Å². The fourth-order valence-electron chi connectivity index (χ4n) is 1.99. The maximum absolute atomic E-state index is 11.6. The Morgan fingerprint density at radius 1 is 1.31 bits per heavy atom. The van der Waals surface area contributed by atoms with Crippen LogP contribution in [-0.4, -0.2) is 34.5 Å². The van der Waals surface area contributed by atoms with Crippen molar-refractivity contribution in [1.82, 2.24) is 4.90 Å². The van der Waals surface area contributed by atoms with Crippen molar-refractivity contribution < 1.29 is 14.7 Å². The summed E-state index contributed by atoms with van der Waals surface area (Å²) >= 11 is 0. The van der Waals surface area contributed by atoms with Gasteiger partial charge in [0.2, 0.25) is 11.8 Å². The first-order valence-electron chi connectivity index (χ1n) is 6.02. The molecule has 0 radical (unpaired) electrons. The van der Waals surface area contributed by atoms with Crippen molar-refractivity contribution in [3.8, 4) is 0 Å². The molecule has 0 aromatic carbocycles. The van der Waals surface area contributed by atoms with Gasteiger partial charge in [-0.1, -0.05) is 6.92 Å². The molecule has 92 valence electrons. The Balaban J connectivity index is 2.30. The monoisotopic (exact) mass is 227 g/mol. The number of hydrogen-bond donors (Lipinski definition) is 1. The number of likely N-dealkylation sites (tertiary alicyclic amines) is 1. The van der Waals surface area contributed by atoms with Gasteiger partial charge in [0, 0.05) is 19.4 Å². The summed E-state index contributed by atoms with van der Waals surface area (Å²) in [5.74, 6) is 0.107. The lowest BCUT2D eigenvalue weighted by atomic mass is 9.97. The van der Waals surface area contributed by atoms with E-state index in [1.54, 1.807) is 6.92 Å². The lowest BCUT2D eigenvalue weighted by Gasteiger charge is -2.28. The van der Waals surface area contributed by atoms with Crippen LogP contribution in [0.3, 0.4) is 0 Å². The molecular weight excluding hydrogens is 206 g/mol. The molecule has 0 bridgehead atoms. The van der Waals surface area contributed by atoms with Crippen molar-refractivity contribution in [1.29, 1.82) is 0 Å². The highest BCUT2D eigenvalue weighted by atomic mass is 16.3. The average Bonchev–Trinajstić information content (AvgIpc) is 2.14. The molecule has 16 heavy (non-hydrogen) atoms. The molecule has 1 heterocycles. The summed E-state index contributed by atoms with van der Waals surface area (Å²) in [6, 6.07) is 0. The van der Waals surface area contributed by atoms with Gasteiger partial charge in [0.25, 0.3) is 0 Å². The van der Waals surface area contributed by atoms with Crippen LogP contribution in [0.4, 0.5) is 0 Å². The minimum atomic E-state index is -0.298. The third-order valence-corrected chi connectivity index (χ3v) is 2.90.